The highest BCUT2D eigenvalue weighted by atomic mass is 16.5. The second-order valence-electron chi connectivity index (χ2n) is 4.88. The molecule has 1 aromatic rings. The van der Waals surface area contributed by atoms with E-state index in [9.17, 15) is 0 Å². The van der Waals surface area contributed by atoms with Gasteiger partial charge in [0.15, 0.2) is 0 Å². The lowest BCUT2D eigenvalue weighted by Crippen LogP contribution is -2.34. The molecule has 0 bridgehead atoms. The van der Waals surface area contributed by atoms with E-state index >= 15 is 0 Å². The van der Waals surface area contributed by atoms with E-state index < -0.39 is 0 Å². The van der Waals surface area contributed by atoms with Gasteiger partial charge in [-0.3, -0.25) is 0 Å². The first-order valence-electron chi connectivity index (χ1n) is 6.45. The van der Waals surface area contributed by atoms with Gasteiger partial charge in [0.1, 0.15) is 11.9 Å². The molecule has 2 heterocycles. The minimum atomic E-state index is 0.234. The monoisotopic (exact) mass is 233 g/mol. The third kappa shape index (κ3) is 2.31. The van der Waals surface area contributed by atoms with E-state index in [0.717, 1.165) is 38.3 Å². The molecule has 0 aromatic heterocycles. The predicted molar refractivity (Wildman–Crippen MR) is 66.2 cm³/mol. The van der Waals surface area contributed by atoms with Crippen LogP contribution in [0.15, 0.2) is 18.2 Å². The number of hydrogen-bond donors (Lipinski definition) is 1. The third-order valence-electron chi connectivity index (χ3n) is 3.63. The SMILES string of the molecule is CC1OCc2cc(OC3CCNCC3)ccc21. The molecular formula is C14H19NO2. The molecule has 92 valence electrons. The fraction of sp³-hybridized carbons (Fsp3) is 0.571. The van der Waals surface area contributed by atoms with Crippen LogP contribution in [0.1, 0.15) is 37.0 Å². The van der Waals surface area contributed by atoms with Gasteiger partial charge in [-0.25, -0.2) is 0 Å². The highest BCUT2D eigenvalue weighted by Gasteiger charge is 2.20. The molecule has 0 aliphatic carbocycles. The molecule has 2 aliphatic heterocycles. The quantitative estimate of drug-likeness (QED) is 0.851. The fourth-order valence-corrected chi connectivity index (χ4v) is 2.59. The molecule has 1 fully saturated rings. The lowest BCUT2D eigenvalue weighted by molar-refractivity contribution is 0.0795. The molecule has 3 nitrogen and oxygen atoms in total. The van der Waals surface area contributed by atoms with Crippen LogP contribution >= 0.6 is 0 Å². The van der Waals surface area contributed by atoms with Crippen molar-refractivity contribution in [2.45, 2.75) is 38.6 Å². The van der Waals surface area contributed by atoms with Gasteiger partial charge in [0, 0.05) is 0 Å². The lowest BCUT2D eigenvalue weighted by atomic mass is 10.1. The number of ether oxygens (including phenoxy) is 2. The van der Waals surface area contributed by atoms with E-state index in [-0.39, 0.29) is 6.10 Å². The van der Waals surface area contributed by atoms with E-state index in [2.05, 4.69) is 30.4 Å². The maximum Gasteiger partial charge on any atom is 0.120 e. The molecule has 2 aliphatic rings. The van der Waals surface area contributed by atoms with Crippen molar-refractivity contribution in [2.75, 3.05) is 13.1 Å². The zero-order chi connectivity index (χ0) is 11.7. The highest BCUT2D eigenvalue weighted by molar-refractivity contribution is 5.38. The summed E-state index contributed by atoms with van der Waals surface area (Å²) in [5, 5.41) is 3.35. The van der Waals surface area contributed by atoms with Crippen LogP contribution in [0.25, 0.3) is 0 Å². The van der Waals surface area contributed by atoms with Gasteiger partial charge in [-0.05, 0) is 56.1 Å². The average Bonchev–Trinajstić information content (AvgIpc) is 2.72. The van der Waals surface area contributed by atoms with Crippen molar-refractivity contribution in [3.05, 3.63) is 29.3 Å². The van der Waals surface area contributed by atoms with Crippen LogP contribution in [0.5, 0.6) is 5.75 Å². The Kier molecular flexibility index (Phi) is 3.04. The molecule has 3 heteroatoms. The summed E-state index contributed by atoms with van der Waals surface area (Å²) in [6.07, 6.45) is 2.81. The van der Waals surface area contributed by atoms with Crippen molar-refractivity contribution in [3.8, 4) is 5.75 Å². The van der Waals surface area contributed by atoms with Gasteiger partial charge in [-0.15, -0.1) is 0 Å². The van der Waals surface area contributed by atoms with Crippen LogP contribution in [0.4, 0.5) is 0 Å². The van der Waals surface area contributed by atoms with E-state index in [1.54, 1.807) is 0 Å². The molecule has 1 atom stereocenters. The Morgan fingerprint density at radius 1 is 1.29 bits per heavy atom. The zero-order valence-corrected chi connectivity index (χ0v) is 10.2. The molecule has 1 N–H and O–H groups in total. The van der Waals surface area contributed by atoms with Crippen molar-refractivity contribution < 1.29 is 9.47 Å². The van der Waals surface area contributed by atoms with Crippen LogP contribution in [0, 0.1) is 0 Å². The van der Waals surface area contributed by atoms with Crippen molar-refractivity contribution in [1.29, 1.82) is 0 Å². The summed E-state index contributed by atoms with van der Waals surface area (Å²) in [7, 11) is 0. The highest BCUT2D eigenvalue weighted by Crippen LogP contribution is 2.33. The van der Waals surface area contributed by atoms with Gasteiger partial charge in [-0.2, -0.15) is 0 Å². The Morgan fingerprint density at radius 3 is 2.94 bits per heavy atom. The van der Waals surface area contributed by atoms with Crippen molar-refractivity contribution in [2.24, 2.45) is 0 Å². The normalized spacial score (nSPS) is 24.6. The van der Waals surface area contributed by atoms with Crippen LogP contribution in [0.3, 0.4) is 0 Å². The largest absolute Gasteiger partial charge is 0.490 e. The fourth-order valence-electron chi connectivity index (χ4n) is 2.59. The lowest BCUT2D eigenvalue weighted by Gasteiger charge is -2.24. The van der Waals surface area contributed by atoms with Gasteiger partial charge < -0.3 is 14.8 Å². The molecule has 0 spiro atoms. The minimum absolute atomic E-state index is 0.234. The van der Waals surface area contributed by atoms with Gasteiger partial charge in [0.25, 0.3) is 0 Å². The summed E-state index contributed by atoms with van der Waals surface area (Å²) in [6.45, 7) is 4.95. The van der Waals surface area contributed by atoms with Crippen molar-refractivity contribution in [1.82, 2.24) is 5.32 Å². The van der Waals surface area contributed by atoms with Crippen LogP contribution in [0.2, 0.25) is 0 Å². The van der Waals surface area contributed by atoms with Crippen molar-refractivity contribution >= 4 is 0 Å². The van der Waals surface area contributed by atoms with E-state index in [1.807, 2.05) is 0 Å². The number of benzene rings is 1. The van der Waals surface area contributed by atoms with E-state index in [1.165, 1.54) is 11.1 Å². The van der Waals surface area contributed by atoms with Crippen LogP contribution < -0.4 is 10.1 Å². The minimum Gasteiger partial charge on any atom is -0.490 e. The van der Waals surface area contributed by atoms with Crippen LogP contribution in [-0.2, 0) is 11.3 Å². The molecule has 0 radical (unpaired) electrons. The summed E-state index contributed by atoms with van der Waals surface area (Å²) in [5.74, 6) is 0.994. The maximum atomic E-state index is 6.02. The van der Waals surface area contributed by atoms with Crippen molar-refractivity contribution in [3.63, 3.8) is 0 Å². The predicted octanol–water partition coefficient (Wildman–Crippen LogP) is 2.41. The zero-order valence-electron chi connectivity index (χ0n) is 10.2. The summed E-state index contributed by atoms with van der Waals surface area (Å²) in [6, 6.07) is 6.36. The standard InChI is InChI=1S/C14H19NO2/c1-10-14-3-2-13(8-11(14)9-16-10)17-12-4-6-15-7-5-12/h2-3,8,10,12,15H,4-7,9H2,1H3. The Bertz CT molecular complexity index is 399. The Morgan fingerprint density at radius 2 is 2.12 bits per heavy atom. The Hall–Kier alpha value is -1.06. The first-order chi connectivity index (χ1) is 8.33. The summed E-state index contributed by atoms with van der Waals surface area (Å²) in [4.78, 5) is 0. The first kappa shape index (κ1) is 11.1. The second kappa shape index (κ2) is 4.67. The average molecular weight is 233 g/mol. The molecule has 17 heavy (non-hydrogen) atoms. The van der Waals surface area contributed by atoms with Gasteiger partial charge in [-0.1, -0.05) is 6.07 Å². The topological polar surface area (TPSA) is 30.5 Å². The molecule has 0 amide bonds. The molecule has 0 saturated carbocycles. The summed E-state index contributed by atoms with van der Waals surface area (Å²) < 4.78 is 11.6. The molecule has 1 unspecified atom stereocenters. The third-order valence-corrected chi connectivity index (χ3v) is 3.63. The molecule has 3 rings (SSSR count). The number of fused-ring (bicyclic) bond motifs is 1. The summed E-state index contributed by atoms with van der Waals surface area (Å²) >= 11 is 0. The smallest absolute Gasteiger partial charge is 0.120 e. The number of hydrogen-bond acceptors (Lipinski definition) is 3. The van der Waals surface area contributed by atoms with Gasteiger partial charge >= 0.3 is 0 Å². The molecule has 1 saturated heterocycles. The van der Waals surface area contributed by atoms with Crippen LogP contribution in [-0.4, -0.2) is 19.2 Å². The molecular weight excluding hydrogens is 214 g/mol. The van der Waals surface area contributed by atoms with E-state index in [4.69, 9.17) is 9.47 Å². The Labute approximate surface area is 102 Å². The number of nitrogens with one attached hydrogen (secondary N) is 1. The maximum absolute atomic E-state index is 6.02. The molecule has 1 aromatic carbocycles. The number of piperidine rings is 1. The van der Waals surface area contributed by atoms with E-state index in [0.29, 0.717) is 6.10 Å². The Balaban J connectivity index is 1.71. The first-order valence-corrected chi connectivity index (χ1v) is 6.45. The number of rotatable bonds is 2. The second-order valence-corrected chi connectivity index (χ2v) is 4.88. The summed E-state index contributed by atoms with van der Waals surface area (Å²) in [5.41, 5.74) is 2.59. The van der Waals surface area contributed by atoms with Gasteiger partial charge in [0.2, 0.25) is 0 Å². The van der Waals surface area contributed by atoms with Gasteiger partial charge in [0.05, 0.1) is 12.7 Å².